The lowest BCUT2D eigenvalue weighted by molar-refractivity contribution is 0.0561. The van der Waals surface area contributed by atoms with Crippen LogP contribution in [0.1, 0.15) is 41.8 Å². The second-order valence-corrected chi connectivity index (χ2v) is 5.01. The number of esters is 1. The Kier molecular flexibility index (Phi) is 4.99. The van der Waals surface area contributed by atoms with E-state index in [1.54, 1.807) is 6.07 Å². The molecular formula is C14H21NO4. The number of aliphatic hydroxyl groups is 1. The first-order chi connectivity index (χ1) is 9.22. The van der Waals surface area contributed by atoms with Crippen LogP contribution in [0.3, 0.4) is 0 Å². The molecule has 106 valence electrons. The third-order valence-corrected chi connectivity index (χ3v) is 3.71. The predicted octanol–water partition coefficient (Wildman–Crippen LogP) is 1.71. The Morgan fingerprint density at radius 3 is 3.05 bits per heavy atom. The Labute approximate surface area is 112 Å². The van der Waals surface area contributed by atoms with Crippen molar-refractivity contribution in [1.29, 1.82) is 0 Å². The van der Waals surface area contributed by atoms with Gasteiger partial charge in [-0.15, -0.1) is 0 Å². The maximum Gasteiger partial charge on any atom is 0.374 e. The summed E-state index contributed by atoms with van der Waals surface area (Å²) in [7, 11) is 1.33. The summed E-state index contributed by atoms with van der Waals surface area (Å²) in [6.45, 7) is 1.30. The largest absolute Gasteiger partial charge is 0.463 e. The predicted molar refractivity (Wildman–Crippen MR) is 69.7 cm³/mol. The fourth-order valence-electron chi connectivity index (χ4n) is 2.57. The summed E-state index contributed by atoms with van der Waals surface area (Å²) in [6, 6.07) is 1.76. The monoisotopic (exact) mass is 267 g/mol. The zero-order valence-electron chi connectivity index (χ0n) is 11.2. The summed E-state index contributed by atoms with van der Waals surface area (Å²) in [5.74, 6) is 0.0981. The molecule has 19 heavy (non-hydrogen) atoms. The first kappa shape index (κ1) is 14.1. The topological polar surface area (TPSA) is 71.7 Å². The lowest BCUT2D eigenvalue weighted by atomic mass is 9.86. The minimum absolute atomic E-state index is 0.203. The van der Waals surface area contributed by atoms with Crippen LogP contribution in [0.2, 0.25) is 0 Å². The zero-order chi connectivity index (χ0) is 13.7. The maximum atomic E-state index is 11.4. The van der Waals surface area contributed by atoms with Crippen molar-refractivity contribution >= 4 is 5.97 Å². The summed E-state index contributed by atoms with van der Waals surface area (Å²) in [5, 5.41) is 13.2. The van der Waals surface area contributed by atoms with Gasteiger partial charge in [0.1, 0.15) is 0 Å². The van der Waals surface area contributed by atoms with E-state index in [0.717, 1.165) is 31.4 Å². The lowest BCUT2D eigenvalue weighted by Gasteiger charge is -2.27. The number of ether oxygens (including phenoxy) is 1. The number of carbonyl (C=O) groups is 1. The summed E-state index contributed by atoms with van der Waals surface area (Å²) in [6.07, 6.45) is 5.54. The Bertz CT molecular complexity index is 415. The van der Waals surface area contributed by atoms with Crippen molar-refractivity contribution < 1.29 is 19.1 Å². The van der Waals surface area contributed by atoms with Gasteiger partial charge in [-0.2, -0.15) is 0 Å². The molecule has 0 bridgehead atoms. The van der Waals surface area contributed by atoms with Crippen LogP contribution >= 0.6 is 0 Å². The molecule has 0 spiro atoms. The van der Waals surface area contributed by atoms with E-state index in [-0.39, 0.29) is 11.9 Å². The van der Waals surface area contributed by atoms with Crippen molar-refractivity contribution in [2.45, 2.75) is 38.3 Å². The van der Waals surface area contributed by atoms with Crippen molar-refractivity contribution in [3.8, 4) is 0 Å². The van der Waals surface area contributed by atoms with Crippen LogP contribution in [0.15, 0.2) is 16.7 Å². The van der Waals surface area contributed by atoms with E-state index in [2.05, 4.69) is 10.1 Å². The lowest BCUT2D eigenvalue weighted by Crippen LogP contribution is -2.33. The third-order valence-electron chi connectivity index (χ3n) is 3.71. The van der Waals surface area contributed by atoms with Crippen LogP contribution in [-0.4, -0.2) is 30.8 Å². The molecule has 5 heteroatoms. The van der Waals surface area contributed by atoms with Gasteiger partial charge in [0.15, 0.2) is 0 Å². The second kappa shape index (κ2) is 6.73. The number of hydrogen-bond acceptors (Lipinski definition) is 5. The molecule has 1 aliphatic rings. The van der Waals surface area contributed by atoms with E-state index >= 15 is 0 Å². The third kappa shape index (κ3) is 3.58. The number of rotatable bonds is 5. The van der Waals surface area contributed by atoms with Crippen LogP contribution < -0.4 is 5.32 Å². The molecule has 2 unspecified atom stereocenters. The van der Waals surface area contributed by atoms with Crippen LogP contribution in [0, 0.1) is 5.92 Å². The van der Waals surface area contributed by atoms with Crippen molar-refractivity contribution in [3.63, 3.8) is 0 Å². The van der Waals surface area contributed by atoms with E-state index in [9.17, 15) is 9.90 Å². The average molecular weight is 267 g/mol. The maximum absolute atomic E-state index is 11.4. The van der Waals surface area contributed by atoms with Crippen LogP contribution in [0.25, 0.3) is 0 Å². The molecule has 0 aromatic carbocycles. The van der Waals surface area contributed by atoms with Crippen molar-refractivity contribution in [2.75, 3.05) is 13.7 Å². The van der Waals surface area contributed by atoms with E-state index in [1.807, 2.05) is 0 Å². The van der Waals surface area contributed by atoms with Gasteiger partial charge in [0.25, 0.3) is 0 Å². The average Bonchev–Trinajstić information content (AvgIpc) is 2.88. The van der Waals surface area contributed by atoms with Gasteiger partial charge in [0.2, 0.25) is 5.76 Å². The molecular weight excluding hydrogens is 246 g/mol. The van der Waals surface area contributed by atoms with E-state index < -0.39 is 5.97 Å². The Balaban J connectivity index is 1.82. The number of furan rings is 1. The first-order valence-electron chi connectivity index (χ1n) is 6.76. The molecule has 2 rings (SSSR count). The SMILES string of the molecule is COC(=O)c1occc1CNCC1CCCCC1O. The van der Waals surface area contributed by atoms with Crippen molar-refractivity contribution in [1.82, 2.24) is 5.32 Å². The van der Waals surface area contributed by atoms with Gasteiger partial charge in [-0.05, 0) is 24.8 Å². The molecule has 0 amide bonds. The highest BCUT2D eigenvalue weighted by Gasteiger charge is 2.23. The number of aliphatic hydroxyl groups excluding tert-OH is 1. The molecule has 1 saturated carbocycles. The summed E-state index contributed by atoms with van der Waals surface area (Å²) < 4.78 is 9.77. The minimum Gasteiger partial charge on any atom is -0.463 e. The molecule has 0 saturated heterocycles. The molecule has 1 aromatic rings. The molecule has 2 atom stereocenters. The van der Waals surface area contributed by atoms with Crippen molar-refractivity contribution in [2.24, 2.45) is 5.92 Å². The van der Waals surface area contributed by atoms with Gasteiger partial charge in [-0.25, -0.2) is 4.79 Å². The van der Waals surface area contributed by atoms with Crippen molar-refractivity contribution in [3.05, 3.63) is 23.7 Å². The number of methoxy groups -OCH3 is 1. The first-order valence-corrected chi connectivity index (χ1v) is 6.76. The van der Waals surface area contributed by atoms with Crippen LogP contribution in [0.4, 0.5) is 0 Å². The van der Waals surface area contributed by atoms with Crippen LogP contribution in [-0.2, 0) is 11.3 Å². The number of nitrogens with one attached hydrogen (secondary N) is 1. The molecule has 1 fully saturated rings. The Hall–Kier alpha value is -1.33. The van der Waals surface area contributed by atoms with E-state index in [4.69, 9.17) is 4.42 Å². The number of carbonyl (C=O) groups excluding carboxylic acids is 1. The summed E-state index contributed by atoms with van der Waals surface area (Å²) >= 11 is 0. The fourth-order valence-corrected chi connectivity index (χ4v) is 2.57. The van der Waals surface area contributed by atoms with E-state index in [0.29, 0.717) is 12.5 Å². The molecule has 2 N–H and O–H groups in total. The summed E-state index contributed by atoms with van der Waals surface area (Å²) in [5.41, 5.74) is 0.789. The summed E-state index contributed by atoms with van der Waals surface area (Å²) in [4.78, 5) is 11.4. The van der Waals surface area contributed by atoms with Gasteiger partial charge >= 0.3 is 5.97 Å². The zero-order valence-corrected chi connectivity index (χ0v) is 11.2. The quantitative estimate of drug-likeness (QED) is 0.795. The standard InChI is InChI=1S/C14H21NO4/c1-18-14(17)13-11(6-7-19-13)9-15-8-10-4-2-3-5-12(10)16/h6-7,10,12,15-16H,2-5,8-9H2,1H3. The van der Waals surface area contributed by atoms with Gasteiger partial charge in [0, 0.05) is 18.7 Å². The fraction of sp³-hybridized carbons (Fsp3) is 0.643. The van der Waals surface area contributed by atoms with Crippen LogP contribution in [0.5, 0.6) is 0 Å². The second-order valence-electron chi connectivity index (χ2n) is 5.01. The van der Waals surface area contributed by atoms with E-state index in [1.165, 1.54) is 19.8 Å². The molecule has 1 heterocycles. The molecule has 0 radical (unpaired) electrons. The highest BCUT2D eigenvalue weighted by Crippen LogP contribution is 2.23. The highest BCUT2D eigenvalue weighted by atomic mass is 16.5. The number of hydrogen-bond donors (Lipinski definition) is 2. The smallest absolute Gasteiger partial charge is 0.374 e. The molecule has 5 nitrogen and oxygen atoms in total. The normalized spacial score (nSPS) is 23.3. The van der Waals surface area contributed by atoms with Gasteiger partial charge in [-0.3, -0.25) is 0 Å². The Morgan fingerprint density at radius 2 is 2.32 bits per heavy atom. The minimum atomic E-state index is -0.459. The van der Waals surface area contributed by atoms with Gasteiger partial charge in [-0.1, -0.05) is 12.8 Å². The highest BCUT2D eigenvalue weighted by molar-refractivity contribution is 5.87. The molecule has 0 aliphatic heterocycles. The van der Waals surface area contributed by atoms with Gasteiger partial charge in [0.05, 0.1) is 19.5 Å². The molecule has 1 aromatic heterocycles. The molecule has 1 aliphatic carbocycles. The van der Waals surface area contributed by atoms with Gasteiger partial charge < -0.3 is 19.6 Å². The Morgan fingerprint density at radius 1 is 1.53 bits per heavy atom.